The van der Waals surface area contributed by atoms with E-state index >= 15 is 0 Å². The summed E-state index contributed by atoms with van der Waals surface area (Å²) < 4.78 is 38.3. The zero-order chi connectivity index (χ0) is 26.3. The van der Waals surface area contributed by atoms with Crippen LogP contribution in [0.3, 0.4) is 0 Å². The standard InChI is InChI=1S/C26H34N4O6S/c1-2-28(18-21-7-4-3-5-8-21)12-6-11-27-25(31)19-30-23-17-22(9-10-24(23)36-20-26(30)32)37(33,34)29-13-15-35-16-14-29/h3-5,7-10,17H,2,6,11-16,18-20H2,1H3,(H,27,31). The molecule has 2 aliphatic heterocycles. The fourth-order valence-corrected chi connectivity index (χ4v) is 5.80. The second kappa shape index (κ2) is 12.5. The van der Waals surface area contributed by atoms with Crippen molar-refractivity contribution in [2.75, 3.05) is 64.0 Å². The Labute approximate surface area is 218 Å². The topological polar surface area (TPSA) is 108 Å². The van der Waals surface area contributed by atoms with Crippen LogP contribution in [-0.4, -0.2) is 88.5 Å². The van der Waals surface area contributed by atoms with Crippen LogP contribution in [0.25, 0.3) is 0 Å². The number of amides is 2. The van der Waals surface area contributed by atoms with Crippen molar-refractivity contribution in [2.45, 2.75) is 24.8 Å². The van der Waals surface area contributed by atoms with E-state index in [0.29, 0.717) is 25.5 Å². The molecule has 0 spiro atoms. The van der Waals surface area contributed by atoms with Gasteiger partial charge in [-0.05, 0) is 36.7 Å². The Hall–Kier alpha value is -2.99. The largest absolute Gasteiger partial charge is 0.482 e. The van der Waals surface area contributed by atoms with Crippen LogP contribution in [0.1, 0.15) is 18.9 Å². The number of hydrogen-bond acceptors (Lipinski definition) is 7. The number of fused-ring (bicyclic) bond motifs is 1. The maximum Gasteiger partial charge on any atom is 0.265 e. The number of rotatable bonds is 11. The van der Waals surface area contributed by atoms with Gasteiger partial charge in [-0.1, -0.05) is 37.3 Å². The maximum atomic E-state index is 13.1. The molecule has 200 valence electrons. The number of nitrogens with zero attached hydrogens (tertiary/aromatic N) is 3. The van der Waals surface area contributed by atoms with Gasteiger partial charge >= 0.3 is 0 Å². The minimum atomic E-state index is -3.76. The summed E-state index contributed by atoms with van der Waals surface area (Å²) in [6.07, 6.45) is 0.766. The van der Waals surface area contributed by atoms with Crippen molar-refractivity contribution in [3.8, 4) is 5.75 Å². The summed E-state index contributed by atoms with van der Waals surface area (Å²) in [5, 5.41) is 2.88. The Kier molecular flexibility index (Phi) is 9.14. The highest BCUT2D eigenvalue weighted by atomic mass is 32.2. The number of carbonyl (C=O) groups excluding carboxylic acids is 2. The molecule has 1 fully saturated rings. The molecule has 0 radical (unpaired) electrons. The number of nitrogens with one attached hydrogen (secondary N) is 1. The molecule has 1 saturated heterocycles. The molecule has 2 aromatic rings. The van der Waals surface area contributed by atoms with Gasteiger partial charge in [-0.15, -0.1) is 0 Å². The van der Waals surface area contributed by atoms with Crippen molar-refractivity contribution >= 4 is 27.5 Å². The fourth-order valence-electron chi connectivity index (χ4n) is 4.37. The van der Waals surface area contributed by atoms with Crippen molar-refractivity contribution in [3.63, 3.8) is 0 Å². The molecule has 10 nitrogen and oxygen atoms in total. The second-order valence-corrected chi connectivity index (χ2v) is 10.9. The normalized spacial score (nSPS) is 16.4. The Morgan fingerprint density at radius 1 is 1.11 bits per heavy atom. The summed E-state index contributed by atoms with van der Waals surface area (Å²) in [5.74, 6) is -0.342. The van der Waals surface area contributed by atoms with E-state index in [4.69, 9.17) is 9.47 Å². The van der Waals surface area contributed by atoms with Crippen LogP contribution < -0.4 is 15.0 Å². The van der Waals surface area contributed by atoms with Gasteiger partial charge in [-0.2, -0.15) is 4.31 Å². The lowest BCUT2D eigenvalue weighted by molar-refractivity contribution is -0.125. The average Bonchev–Trinajstić information content (AvgIpc) is 2.92. The quantitative estimate of drug-likeness (QED) is 0.438. The van der Waals surface area contributed by atoms with Crippen LogP contribution in [0.5, 0.6) is 5.75 Å². The Balaban J connectivity index is 1.34. The second-order valence-electron chi connectivity index (χ2n) is 8.97. The Bertz CT molecular complexity index is 1180. The average molecular weight is 531 g/mol. The first kappa shape index (κ1) is 27.1. The molecule has 2 amide bonds. The summed E-state index contributed by atoms with van der Waals surface area (Å²) in [5.41, 5.74) is 1.52. The molecule has 0 unspecified atom stereocenters. The lowest BCUT2D eigenvalue weighted by Crippen LogP contribution is -2.45. The molecule has 0 aromatic heterocycles. The number of morpholine rings is 1. The molecule has 11 heteroatoms. The minimum absolute atomic E-state index is 0.0509. The zero-order valence-corrected chi connectivity index (χ0v) is 21.9. The van der Waals surface area contributed by atoms with Gasteiger partial charge in [0.25, 0.3) is 5.91 Å². The third kappa shape index (κ3) is 6.86. The highest BCUT2D eigenvalue weighted by Gasteiger charge is 2.31. The molecular formula is C26H34N4O6S. The molecule has 0 bridgehead atoms. The third-order valence-electron chi connectivity index (χ3n) is 6.45. The number of ether oxygens (including phenoxy) is 2. The van der Waals surface area contributed by atoms with E-state index in [0.717, 1.165) is 26.1 Å². The van der Waals surface area contributed by atoms with Gasteiger partial charge in [0.05, 0.1) is 23.8 Å². The molecule has 0 saturated carbocycles. The van der Waals surface area contributed by atoms with Gasteiger partial charge in [0.2, 0.25) is 15.9 Å². The molecule has 2 heterocycles. The highest BCUT2D eigenvalue weighted by molar-refractivity contribution is 7.89. The smallest absolute Gasteiger partial charge is 0.265 e. The van der Waals surface area contributed by atoms with Gasteiger partial charge in [0.15, 0.2) is 6.61 Å². The van der Waals surface area contributed by atoms with Crippen LogP contribution in [-0.2, 0) is 30.9 Å². The molecular weight excluding hydrogens is 496 g/mol. The monoisotopic (exact) mass is 530 g/mol. The van der Waals surface area contributed by atoms with Crippen LogP contribution in [0.15, 0.2) is 53.4 Å². The van der Waals surface area contributed by atoms with E-state index in [2.05, 4.69) is 29.3 Å². The van der Waals surface area contributed by atoms with Crippen LogP contribution in [0.4, 0.5) is 5.69 Å². The zero-order valence-electron chi connectivity index (χ0n) is 21.1. The van der Waals surface area contributed by atoms with E-state index in [1.807, 2.05) is 18.2 Å². The van der Waals surface area contributed by atoms with Gasteiger partial charge in [-0.3, -0.25) is 19.4 Å². The minimum Gasteiger partial charge on any atom is -0.482 e. The number of sulfonamides is 1. The SMILES string of the molecule is CCN(CCCNC(=O)CN1C(=O)COc2ccc(S(=O)(=O)N3CCOCC3)cc21)Cc1ccccc1. The fraction of sp³-hybridized carbons (Fsp3) is 0.462. The molecule has 0 aliphatic carbocycles. The number of benzene rings is 2. The van der Waals surface area contributed by atoms with Gasteiger partial charge < -0.3 is 14.8 Å². The first-order valence-corrected chi connectivity index (χ1v) is 14.0. The Morgan fingerprint density at radius 3 is 2.59 bits per heavy atom. The van der Waals surface area contributed by atoms with E-state index in [-0.39, 0.29) is 42.7 Å². The summed E-state index contributed by atoms with van der Waals surface area (Å²) in [6, 6.07) is 14.6. The van der Waals surface area contributed by atoms with Crippen molar-refractivity contribution in [2.24, 2.45) is 0 Å². The Morgan fingerprint density at radius 2 is 1.86 bits per heavy atom. The summed E-state index contributed by atoms with van der Waals surface area (Å²) in [7, 11) is -3.76. The van der Waals surface area contributed by atoms with Crippen molar-refractivity contribution < 1.29 is 27.5 Å². The number of anilines is 1. The molecule has 0 atom stereocenters. The van der Waals surface area contributed by atoms with Crippen molar-refractivity contribution in [3.05, 3.63) is 54.1 Å². The predicted octanol–water partition coefficient (Wildman–Crippen LogP) is 1.46. The molecule has 4 rings (SSSR count). The summed E-state index contributed by atoms with van der Waals surface area (Å²) in [4.78, 5) is 29.0. The van der Waals surface area contributed by atoms with Crippen LogP contribution >= 0.6 is 0 Å². The van der Waals surface area contributed by atoms with E-state index in [1.165, 1.54) is 33.0 Å². The number of hydrogen-bond donors (Lipinski definition) is 1. The predicted molar refractivity (Wildman–Crippen MR) is 139 cm³/mol. The molecule has 2 aliphatic rings. The highest BCUT2D eigenvalue weighted by Crippen LogP contribution is 2.35. The summed E-state index contributed by atoms with van der Waals surface area (Å²) in [6.45, 7) is 5.94. The first-order valence-electron chi connectivity index (χ1n) is 12.6. The van der Waals surface area contributed by atoms with Crippen LogP contribution in [0.2, 0.25) is 0 Å². The summed E-state index contributed by atoms with van der Waals surface area (Å²) >= 11 is 0. The van der Waals surface area contributed by atoms with Crippen molar-refractivity contribution in [1.29, 1.82) is 0 Å². The van der Waals surface area contributed by atoms with E-state index in [1.54, 1.807) is 0 Å². The maximum absolute atomic E-state index is 13.1. The molecule has 2 aromatic carbocycles. The number of carbonyl (C=O) groups is 2. The van der Waals surface area contributed by atoms with E-state index in [9.17, 15) is 18.0 Å². The van der Waals surface area contributed by atoms with Crippen molar-refractivity contribution in [1.82, 2.24) is 14.5 Å². The van der Waals surface area contributed by atoms with E-state index < -0.39 is 15.9 Å². The first-order chi connectivity index (χ1) is 17.9. The lowest BCUT2D eigenvalue weighted by atomic mass is 10.2. The lowest BCUT2D eigenvalue weighted by Gasteiger charge is -2.30. The van der Waals surface area contributed by atoms with Gasteiger partial charge in [-0.25, -0.2) is 8.42 Å². The van der Waals surface area contributed by atoms with Gasteiger partial charge in [0, 0.05) is 32.7 Å². The molecule has 37 heavy (non-hydrogen) atoms. The van der Waals surface area contributed by atoms with Crippen LogP contribution in [0, 0.1) is 0 Å². The molecule has 1 N–H and O–H groups in total. The van der Waals surface area contributed by atoms with Gasteiger partial charge in [0.1, 0.15) is 12.3 Å². The third-order valence-corrected chi connectivity index (χ3v) is 8.35.